The zero-order valence-corrected chi connectivity index (χ0v) is 26.6. The van der Waals surface area contributed by atoms with E-state index >= 15 is 0 Å². The number of aromatic nitrogens is 2. The van der Waals surface area contributed by atoms with Gasteiger partial charge in [-0.1, -0.05) is 49.2 Å². The molecule has 2 aromatic rings. The van der Waals surface area contributed by atoms with Crippen molar-refractivity contribution in [2.24, 2.45) is 16.8 Å². The fourth-order valence-electron chi connectivity index (χ4n) is 5.66. The minimum atomic E-state index is -3.11. The summed E-state index contributed by atoms with van der Waals surface area (Å²) in [6.45, 7) is 12.1. The highest BCUT2D eigenvalue weighted by Crippen LogP contribution is 2.37. The number of halogens is 2. The van der Waals surface area contributed by atoms with Gasteiger partial charge in [-0.05, 0) is 75.2 Å². The maximum atomic E-state index is 12.4. The minimum Gasteiger partial charge on any atom is -0.363 e. The number of nitrogens with zero attached hydrogens (tertiary/aromatic N) is 4. The van der Waals surface area contributed by atoms with Crippen molar-refractivity contribution in [2.75, 3.05) is 49.1 Å². The average Bonchev–Trinajstić information content (AvgIpc) is 3.27. The third kappa shape index (κ3) is 7.10. The number of piperidine rings is 1. The topological polar surface area (TPSA) is 106 Å². The molecule has 0 aliphatic carbocycles. The first-order chi connectivity index (χ1) is 19.5. The summed E-state index contributed by atoms with van der Waals surface area (Å²) in [5.41, 5.74) is 4.18. The van der Waals surface area contributed by atoms with E-state index in [1.807, 2.05) is 25.1 Å². The molecule has 1 aromatic carbocycles. The fraction of sp³-hybridized carbons (Fsp3) is 0.586. The first-order valence-electron chi connectivity index (χ1n) is 14.5. The summed E-state index contributed by atoms with van der Waals surface area (Å²) < 4.78 is 26.4. The second kappa shape index (κ2) is 12.6. The van der Waals surface area contributed by atoms with Gasteiger partial charge < -0.3 is 15.5 Å². The number of anilines is 2. The lowest BCUT2D eigenvalue weighted by Crippen LogP contribution is -2.46. The van der Waals surface area contributed by atoms with E-state index in [1.54, 1.807) is 4.31 Å². The summed E-state index contributed by atoms with van der Waals surface area (Å²) in [7, 11) is -3.11. The molecule has 0 saturated carbocycles. The van der Waals surface area contributed by atoms with E-state index in [0.717, 1.165) is 59.9 Å². The maximum absolute atomic E-state index is 12.4. The first-order valence-corrected chi connectivity index (χ1v) is 16.9. The summed E-state index contributed by atoms with van der Waals surface area (Å²) in [5, 5.41) is 15.4. The van der Waals surface area contributed by atoms with Crippen LogP contribution in [0.15, 0.2) is 34.3 Å². The molecule has 3 aliphatic rings. The minimum absolute atomic E-state index is 0.177. The number of benzene rings is 1. The van der Waals surface area contributed by atoms with Gasteiger partial charge in [0.1, 0.15) is 12.0 Å². The molecule has 5 rings (SSSR count). The van der Waals surface area contributed by atoms with Crippen LogP contribution in [-0.2, 0) is 10.0 Å². The molecule has 0 spiro atoms. The van der Waals surface area contributed by atoms with Crippen molar-refractivity contribution in [3.8, 4) is 0 Å². The van der Waals surface area contributed by atoms with Crippen molar-refractivity contribution in [3.05, 3.63) is 51.2 Å². The van der Waals surface area contributed by atoms with Gasteiger partial charge in [0.2, 0.25) is 10.0 Å². The van der Waals surface area contributed by atoms with Gasteiger partial charge in [0.15, 0.2) is 5.82 Å². The summed E-state index contributed by atoms with van der Waals surface area (Å²) in [4.78, 5) is 7.25. The first kappa shape index (κ1) is 30.4. The van der Waals surface area contributed by atoms with Crippen LogP contribution in [0.25, 0.3) is 0 Å². The third-order valence-corrected chi connectivity index (χ3v) is 11.2. The van der Waals surface area contributed by atoms with Gasteiger partial charge in [-0.3, -0.25) is 5.10 Å². The van der Waals surface area contributed by atoms with Gasteiger partial charge in [0, 0.05) is 48.0 Å². The molecule has 224 valence electrons. The molecule has 3 unspecified atom stereocenters. The van der Waals surface area contributed by atoms with Gasteiger partial charge in [-0.15, -0.1) is 0 Å². The number of hydrogen-bond acceptors (Lipinski definition) is 7. The number of aliphatic imine (C=N–C) groups is 1. The van der Waals surface area contributed by atoms with E-state index in [0.29, 0.717) is 42.2 Å². The summed E-state index contributed by atoms with van der Waals surface area (Å²) in [6, 6.07) is 6.13. The average molecular weight is 623 g/mol. The number of H-pyrrole nitrogens is 1. The number of allylic oxidation sites excluding steroid dienone is 1. The SMILES string of the molecule is Cc1cc(NC2=NC(Nc3cc(Cl)c(C4CCN(CCS(=O)(=O)N5CCC5)CC4)cc3C)C(C)C(C)C=C2Cl)n[nH]1. The van der Waals surface area contributed by atoms with Gasteiger partial charge in [0.05, 0.1) is 10.8 Å². The summed E-state index contributed by atoms with van der Waals surface area (Å²) >= 11 is 13.6. The normalized spacial score (nSPS) is 24.8. The molecule has 3 N–H and O–H groups in total. The third-order valence-electron chi connectivity index (χ3n) is 8.73. The lowest BCUT2D eigenvalue weighted by molar-refractivity contribution is 0.221. The monoisotopic (exact) mass is 621 g/mol. The van der Waals surface area contributed by atoms with Crippen molar-refractivity contribution in [2.45, 2.75) is 59.0 Å². The second-order valence-corrected chi connectivity index (χ2v) is 14.6. The van der Waals surface area contributed by atoms with E-state index in [-0.39, 0.29) is 23.8 Å². The lowest BCUT2D eigenvalue weighted by atomic mass is 9.88. The number of aromatic amines is 1. The van der Waals surface area contributed by atoms with Gasteiger partial charge in [0.25, 0.3) is 0 Å². The number of amidine groups is 1. The van der Waals surface area contributed by atoms with E-state index in [9.17, 15) is 8.42 Å². The molecular formula is C29H41Cl2N7O2S. The lowest BCUT2D eigenvalue weighted by Gasteiger charge is -2.34. The van der Waals surface area contributed by atoms with Crippen molar-refractivity contribution in [1.82, 2.24) is 19.4 Å². The van der Waals surface area contributed by atoms with Crippen LogP contribution < -0.4 is 10.6 Å². The van der Waals surface area contributed by atoms with Crippen LogP contribution in [0.2, 0.25) is 5.02 Å². The van der Waals surface area contributed by atoms with Gasteiger partial charge >= 0.3 is 0 Å². The van der Waals surface area contributed by atoms with Crippen LogP contribution in [-0.4, -0.2) is 78.3 Å². The molecule has 3 aliphatic heterocycles. The van der Waals surface area contributed by atoms with Crippen LogP contribution in [0, 0.1) is 25.7 Å². The van der Waals surface area contributed by atoms with Crippen LogP contribution in [0.1, 0.15) is 55.8 Å². The van der Waals surface area contributed by atoms with Crippen molar-refractivity contribution in [3.63, 3.8) is 0 Å². The predicted octanol–water partition coefficient (Wildman–Crippen LogP) is 5.55. The number of aryl methyl sites for hydroxylation is 2. The maximum Gasteiger partial charge on any atom is 0.215 e. The number of rotatable bonds is 8. The predicted molar refractivity (Wildman–Crippen MR) is 169 cm³/mol. The smallest absolute Gasteiger partial charge is 0.215 e. The molecule has 0 amide bonds. The molecular weight excluding hydrogens is 581 g/mol. The Labute approximate surface area is 253 Å². The Morgan fingerprint density at radius 3 is 2.44 bits per heavy atom. The van der Waals surface area contributed by atoms with Gasteiger partial charge in [-0.25, -0.2) is 17.7 Å². The van der Waals surface area contributed by atoms with E-state index in [1.165, 1.54) is 0 Å². The zero-order valence-electron chi connectivity index (χ0n) is 24.3. The van der Waals surface area contributed by atoms with E-state index in [4.69, 9.17) is 28.2 Å². The van der Waals surface area contributed by atoms with Crippen LogP contribution in [0.5, 0.6) is 0 Å². The Morgan fingerprint density at radius 2 is 1.80 bits per heavy atom. The molecule has 12 heteroatoms. The van der Waals surface area contributed by atoms with Crippen molar-refractivity contribution >= 4 is 50.6 Å². The van der Waals surface area contributed by atoms with Gasteiger partial charge in [-0.2, -0.15) is 5.10 Å². The summed E-state index contributed by atoms with van der Waals surface area (Å²) in [6.07, 6.45) is 4.71. The Bertz CT molecular complexity index is 1410. The highest BCUT2D eigenvalue weighted by atomic mass is 35.5. The molecule has 4 heterocycles. The summed E-state index contributed by atoms with van der Waals surface area (Å²) in [5.74, 6) is 2.18. The number of sulfonamides is 1. The van der Waals surface area contributed by atoms with Crippen LogP contribution >= 0.6 is 23.2 Å². The second-order valence-electron chi connectivity index (χ2n) is 11.7. The Kier molecular flexibility index (Phi) is 9.35. The molecule has 9 nitrogen and oxygen atoms in total. The Balaban J connectivity index is 1.24. The quantitative estimate of drug-likeness (QED) is 0.357. The van der Waals surface area contributed by atoms with E-state index < -0.39 is 10.0 Å². The van der Waals surface area contributed by atoms with Crippen LogP contribution in [0.4, 0.5) is 11.5 Å². The molecule has 3 atom stereocenters. The zero-order chi connectivity index (χ0) is 29.3. The van der Waals surface area contributed by atoms with E-state index in [2.05, 4.69) is 52.6 Å². The van der Waals surface area contributed by atoms with Crippen molar-refractivity contribution in [1.29, 1.82) is 0 Å². The molecule has 0 bridgehead atoms. The van der Waals surface area contributed by atoms with Crippen molar-refractivity contribution < 1.29 is 8.42 Å². The highest BCUT2D eigenvalue weighted by molar-refractivity contribution is 7.89. The highest BCUT2D eigenvalue weighted by Gasteiger charge is 2.30. The largest absolute Gasteiger partial charge is 0.363 e. The fourth-order valence-corrected chi connectivity index (χ4v) is 7.84. The standard InChI is InChI=1S/C29H41Cl2N7O2S/c1-18-15-25(31)29(33-27-16-20(3)35-36-27)34-28(21(18)4)32-26-17-24(30)23(14-19(26)2)22-6-10-37(11-7-22)12-13-41(39,40)38-8-5-9-38/h14-18,21-22,28,32H,5-13H2,1-4H3,(H2,33,34,35,36). The number of hydrogen-bond donors (Lipinski definition) is 3. The molecule has 2 saturated heterocycles. The van der Waals surface area contributed by atoms with Crippen LogP contribution in [0.3, 0.4) is 0 Å². The Hall–Kier alpha value is -2.11. The molecule has 2 fully saturated rings. The molecule has 1 aromatic heterocycles. The molecule has 41 heavy (non-hydrogen) atoms. The number of nitrogens with one attached hydrogen (secondary N) is 3. The Morgan fingerprint density at radius 1 is 1.07 bits per heavy atom. The number of likely N-dealkylation sites (tertiary alicyclic amines) is 1. The molecule has 0 radical (unpaired) electrons.